The summed E-state index contributed by atoms with van der Waals surface area (Å²) in [5.41, 5.74) is 1.67. The minimum atomic E-state index is -3.70. The monoisotopic (exact) mass is 339 g/mol. The van der Waals surface area contributed by atoms with Gasteiger partial charge in [-0.25, -0.2) is 8.42 Å². The van der Waals surface area contributed by atoms with Crippen molar-refractivity contribution in [1.29, 1.82) is 0 Å². The highest BCUT2D eigenvalue weighted by Crippen LogP contribution is 2.23. The second-order valence-corrected chi connectivity index (χ2v) is 8.69. The molecule has 1 aromatic rings. The van der Waals surface area contributed by atoms with E-state index in [0.29, 0.717) is 18.7 Å². The zero-order valence-electron chi connectivity index (χ0n) is 14.4. The van der Waals surface area contributed by atoms with Crippen LogP contribution in [-0.4, -0.2) is 49.8 Å². The SMILES string of the molecule is Cc1ccc(S(=O)(=O)[C@H](C)C(=O)N2C[C@@H](C)O[C@H](C)C2)c(C)c1. The number of benzene rings is 1. The molecule has 0 N–H and O–H groups in total. The van der Waals surface area contributed by atoms with Crippen LogP contribution in [0.2, 0.25) is 0 Å². The first kappa shape index (κ1) is 17.9. The van der Waals surface area contributed by atoms with Gasteiger partial charge in [0, 0.05) is 13.1 Å². The maximum absolute atomic E-state index is 12.8. The largest absolute Gasteiger partial charge is 0.372 e. The van der Waals surface area contributed by atoms with E-state index in [4.69, 9.17) is 4.74 Å². The van der Waals surface area contributed by atoms with Crippen LogP contribution in [0.3, 0.4) is 0 Å². The van der Waals surface area contributed by atoms with Gasteiger partial charge in [-0.15, -0.1) is 0 Å². The van der Waals surface area contributed by atoms with Gasteiger partial charge in [-0.1, -0.05) is 17.7 Å². The highest BCUT2D eigenvalue weighted by Gasteiger charge is 2.36. The fourth-order valence-corrected chi connectivity index (χ4v) is 4.62. The third kappa shape index (κ3) is 3.75. The van der Waals surface area contributed by atoms with E-state index in [1.165, 1.54) is 6.92 Å². The molecule has 0 saturated carbocycles. The van der Waals surface area contributed by atoms with Gasteiger partial charge in [0.05, 0.1) is 17.1 Å². The van der Waals surface area contributed by atoms with Crippen LogP contribution in [0.5, 0.6) is 0 Å². The minimum Gasteiger partial charge on any atom is -0.372 e. The molecule has 1 saturated heterocycles. The number of hydrogen-bond donors (Lipinski definition) is 0. The number of morpholine rings is 1. The van der Waals surface area contributed by atoms with Crippen LogP contribution in [0.1, 0.15) is 31.9 Å². The van der Waals surface area contributed by atoms with Crippen LogP contribution in [0.4, 0.5) is 0 Å². The number of rotatable bonds is 3. The van der Waals surface area contributed by atoms with Crippen LogP contribution in [0.25, 0.3) is 0 Å². The molecule has 1 aromatic carbocycles. The van der Waals surface area contributed by atoms with Gasteiger partial charge in [0.2, 0.25) is 5.91 Å². The fraction of sp³-hybridized carbons (Fsp3) is 0.588. The number of sulfone groups is 1. The molecule has 3 atom stereocenters. The van der Waals surface area contributed by atoms with Crippen LogP contribution >= 0.6 is 0 Å². The van der Waals surface area contributed by atoms with E-state index in [2.05, 4.69) is 0 Å². The first-order valence-corrected chi connectivity index (χ1v) is 9.43. The molecule has 128 valence electrons. The van der Waals surface area contributed by atoms with Gasteiger partial charge in [-0.3, -0.25) is 4.79 Å². The molecule has 1 fully saturated rings. The van der Waals surface area contributed by atoms with E-state index in [1.54, 1.807) is 24.0 Å². The summed E-state index contributed by atoms with van der Waals surface area (Å²) in [5, 5.41) is -1.10. The Morgan fingerprint density at radius 2 is 1.78 bits per heavy atom. The molecule has 0 aliphatic carbocycles. The molecule has 0 spiro atoms. The molecule has 0 aromatic heterocycles. The second-order valence-electron chi connectivity index (χ2n) is 6.46. The van der Waals surface area contributed by atoms with Gasteiger partial charge >= 0.3 is 0 Å². The number of ether oxygens (including phenoxy) is 1. The van der Waals surface area contributed by atoms with E-state index in [0.717, 1.165) is 5.56 Å². The van der Waals surface area contributed by atoms with Crippen molar-refractivity contribution in [2.45, 2.75) is 57.0 Å². The minimum absolute atomic E-state index is 0.0845. The number of carbonyl (C=O) groups excluding carboxylic acids is 1. The Bertz CT molecular complexity index is 689. The smallest absolute Gasteiger partial charge is 0.241 e. The highest BCUT2D eigenvalue weighted by atomic mass is 32.2. The van der Waals surface area contributed by atoms with Crippen LogP contribution in [0.15, 0.2) is 23.1 Å². The summed E-state index contributed by atoms with van der Waals surface area (Å²) in [4.78, 5) is 14.5. The average molecular weight is 339 g/mol. The number of amides is 1. The van der Waals surface area contributed by atoms with Crippen LogP contribution in [0, 0.1) is 13.8 Å². The summed E-state index contributed by atoms with van der Waals surface area (Å²) < 4.78 is 31.3. The molecule has 0 unspecified atom stereocenters. The molecule has 1 aliphatic rings. The molecule has 1 heterocycles. The van der Waals surface area contributed by atoms with Gasteiger partial charge in [0.1, 0.15) is 5.25 Å². The number of hydrogen-bond acceptors (Lipinski definition) is 4. The maximum atomic E-state index is 12.8. The topological polar surface area (TPSA) is 63.7 Å². The third-order valence-corrected chi connectivity index (χ3v) is 6.39. The zero-order valence-corrected chi connectivity index (χ0v) is 15.2. The molecular weight excluding hydrogens is 314 g/mol. The summed E-state index contributed by atoms with van der Waals surface area (Å²) in [6.45, 7) is 9.77. The van der Waals surface area contributed by atoms with Crippen molar-refractivity contribution < 1.29 is 17.9 Å². The number of nitrogens with zero attached hydrogens (tertiary/aromatic N) is 1. The van der Waals surface area contributed by atoms with E-state index < -0.39 is 15.1 Å². The molecule has 0 radical (unpaired) electrons. The molecule has 2 rings (SSSR count). The third-order valence-electron chi connectivity index (χ3n) is 4.18. The van der Waals surface area contributed by atoms with Crippen LogP contribution < -0.4 is 0 Å². The van der Waals surface area contributed by atoms with Crippen molar-refractivity contribution >= 4 is 15.7 Å². The van der Waals surface area contributed by atoms with Gasteiger partial charge < -0.3 is 9.64 Å². The lowest BCUT2D eigenvalue weighted by Gasteiger charge is -2.36. The Labute approximate surface area is 138 Å². The standard InChI is InChI=1S/C17H25NO4S/c1-11-6-7-16(12(2)8-11)23(20,21)15(5)17(19)18-9-13(3)22-14(4)10-18/h6-8,13-15H,9-10H2,1-5H3/t13-,14-,15-/m1/s1. The summed E-state index contributed by atoms with van der Waals surface area (Å²) in [5.74, 6) is -0.355. The van der Waals surface area contributed by atoms with Crippen molar-refractivity contribution in [1.82, 2.24) is 4.90 Å². The first-order chi connectivity index (χ1) is 10.6. The second kappa shape index (κ2) is 6.61. The zero-order chi connectivity index (χ0) is 17.4. The predicted octanol–water partition coefficient (Wildman–Crippen LogP) is 2.10. The average Bonchev–Trinajstić information content (AvgIpc) is 2.44. The molecular formula is C17H25NO4S. The van der Waals surface area contributed by atoms with Crippen molar-refractivity contribution in [3.63, 3.8) is 0 Å². The maximum Gasteiger partial charge on any atom is 0.241 e. The van der Waals surface area contributed by atoms with Crippen molar-refractivity contribution in [3.8, 4) is 0 Å². The van der Waals surface area contributed by atoms with E-state index in [9.17, 15) is 13.2 Å². The van der Waals surface area contributed by atoms with Gasteiger partial charge in [-0.05, 0) is 46.2 Å². The molecule has 0 bridgehead atoms. The molecule has 1 aliphatic heterocycles. The summed E-state index contributed by atoms with van der Waals surface area (Å²) in [7, 11) is -3.70. The number of aryl methyl sites for hydroxylation is 2. The fourth-order valence-electron chi connectivity index (χ4n) is 3.06. The van der Waals surface area contributed by atoms with Gasteiger partial charge in [-0.2, -0.15) is 0 Å². The summed E-state index contributed by atoms with van der Waals surface area (Å²) >= 11 is 0. The normalized spacial score (nSPS) is 23.6. The van der Waals surface area contributed by atoms with Crippen molar-refractivity contribution in [2.24, 2.45) is 0 Å². The lowest BCUT2D eigenvalue weighted by Crippen LogP contribution is -2.52. The summed E-state index contributed by atoms with van der Waals surface area (Å²) in [6.07, 6.45) is -0.169. The Morgan fingerprint density at radius 3 is 2.30 bits per heavy atom. The van der Waals surface area contributed by atoms with E-state index in [1.807, 2.05) is 26.8 Å². The van der Waals surface area contributed by atoms with Crippen LogP contribution in [-0.2, 0) is 19.4 Å². The molecule has 5 nitrogen and oxygen atoms in total. The summed E-state index contributed by atoms with van der Waals surface area (Å²) in [6, 6.07) is 5.17. The number of carbonyl (C=O) groups is 1. The predicted molar refractivity (Wildman–Crippen MR) is 89.2 cm³/mol. The first-order valence-electron chi connectivity index (χ1n) is 7.88. The Kier molecular flexibility index (Phi) is 5.16. The Morgan fingerprint density at radius 1 is 1.22 bits per heavy atom. The highest BCUT2D eigenvalue weighted by molar-refractivity contribution is 7.92. The Hall–Kier alpha value is -1.40. The van der Waals surface area contributed by atoms with E-state index in [-0.39, 0.29) is 23.0 Å². The van der Waals surface area contributed by atoms with Crippen molar-refractivity contribution in [2.75, 3.05) is 13.1 Å². The Balaban J connectivity index is 2.27. The molecule has 23 heavy (non-hydrogen) atoms. The lowest BCUT2D eigenvalue weighted by atomic mass is 10.2. The molecule has 1 amide bonds. The van der Waals surface area contributed by atoms with Gasteiger partial charge in [0.25, 0.3) is 0 Å². The lowest BCUT2D eigenvalue weighted by molar-refractivity contribution is -0.142. The van der Waals surface area contributed by atoms with Gasteiger partial charge in [0.15, 0.2) is 9.84 Å². The molecule has 6 heteroatoms. The van der Waals surface area contributed by atoms with Crippen molar-refractivity contribution in [3.05, 3.63) is 29.3 Å². The quantitative estimate of drug-likeness (QED) is 0.846. The van der Waals surface area contributed by atoms with E-state index >= 15 is 0 Å².